The van der Waals surface area contributed by atoms with Crippen LogP contribution in [0, 0.1) is 6.92 Å². The van der Waals surface area contributed by atoms with Gasteiger partial charge in [0.25, 0.3) is 5.91 Å². The summed E-state index contributed by atoms with van der Waals surface area (Å²) in [5.41, 5.74) is 3.16. The molecule has 2 aromatic rings. The highest BCUT2D eigenvalue weighted by molar-refractivity contribution is 5.94. The van der Waals surface area contributed by atoms with Crippen molar-refractivity contribution in [1.82, 2.24) is 9.88 Å². The number of unbranched alkanes of at least 4 members (excludes halogenated alkanes) is 1. The van der Waals surface area contributed by atoms with Gasteiger partial charge in [-0.2, -0.15) is 0 Å². The average molecular weight is 352 g/mol. The summed E-state index contributed by atoms with van der Waals surface area (Å²) in [4.78, 5) is 21.4. The Balaban J connectivity index is 1.54. The Morgan fingerprint density at radius 2 is 1.96 bits per heavy atom. The monoisotopic (exact) mass is 352 g/mol. The first-order chi connectivity index (χ1) is 12.7. The van der Waals surface area contributed by atoms with E-state index in [0.717, 1.165) is 51.4 Å². The van der Waals surface area contributed by atoms with Crippen LogP contribution in [0.2, 0.25) is 0 Å². The van der Waals surface area contributed by atoms with Gasteiger partial charge < -0.3 is 15.1 Å². The van der Waals surface area contributed by atoms with Crippen LogP contribution in [0.4, 0.5) is 11.5 Å². The van der Waals surface area contributed by atoms with Crippen LogP contribution in [0.1, 0.15) is 35.7 Å². The summed E-state index contributed by atoms with van der Waals surface area (Å²) >= 11 is 0. The number of aromatic nitrogens is 1. The number of pyridine rings is 1. The minimum Gasteiger partial charge on any atom is -0.370 e. The molecule has 1 aromatic heterocycles. The molecule has 0 atom stereocenters. The molecular weight excluding hydrogens is 324 g/mol. The highest BCUT2D eigenvalue weighted by Gasteiger charge is 2.22. The first-order valence-electron chi connectivity index (χ1n) is 9.48. The molecule has 0 unspecified atom stereocenters. The van der Waals surface area contributed by atoms with Crippen LogP contribution < -0.4 is 10.2 Å². The van der Waals surface area contributed by atoms with Crippen molar-refractivity contribution < 1.29 is 4.79 Å². The lowest BCUT2D eigenvalue weighted by Gasteiger charge is -2.36. The molecule has 1 fully saturated rings. The Kier molecular flexibility index (Phi) is 6.10. The Morgan fingerprint density at radius 3 is 2.62 bits per heavy atom. The van der Waals surface area contributed by atoms with Crippen LogP contribution in [0.15, 0.2) is 42.6 Å². The molecule has 0 bridgehead atoms. The summed E-state index contributed by atoms with van der Waals surface area (Å²) in [6.45, 7) is 8.38. The van der Waals surface area contributed by atoms with E-state index < -0.39 is 0 Å². The normalized spacial score (nSPS) is 14.4. The predicted molar refractivity (Wildman–Crippen MR) is 107 cm³/mol. The van der Waals surface area contributed by atoms with Crippen LogP contribution in [0.3, 0.4) is 0 Å². The lowest BCUT2D eigenvalue weighted by Crippen LogP contribution is -2.48. The SMILES string of the molecule is CCCCNc1ccc(C(=O)N2CCN(c3cccc(C)c3)CC2)cn1. The molecule has 1 aromatic carbocycles. The molecule has 5 heteroatoms. The zero-order chi connectivity index (χ0) is 18.4. The Morgan fingerprint density at radius 1 is 1.15 bits per heavy atom. The van der Waals surface area contributed by atoms with Crippen molar-refractivity contribution in [2.24, 2.45) is 0 Å². The summed E-state index contributed by atoms with van der Waals surface area (Å²) in [5.74, 6) is 0.903. The Labute approximate surface area is 156 Å². The highest BCUT2D eigenvalue weighted by atomic mass is 16.2. The molecule has 2 heterocycles. The molecule has 0 spiro atoms. The largest absolute Gasteiger partial charge is 0.370 e. The van der Waals surface area contributed by atoms with E-state index in [9.17, 15) is 4.79 Å². The molecule has 26 heavy (non-hydrogen) atoms. The van der Waals surface area contributed by atoms with E-state index in [2.05, 4.69) is 53.3 Å². The zero-order valence-corrected chi connectivity index (χ0v) is 15.7. The van der Waals surface area contributed by atoms with Gasteiger partial charge in [-0.1, -0.05) is 25.5 Å². The van der Waals surface area contributed by atoms with Crippen molar-refractivity contribution in [1.29, 1.82) is 0 Å². The third-order valence-electron chi connectivity index (χ3n) is 4.78. The summed E-state index contributed by atoms with van der Waals surface area (Å²) < 4.78 is 0. The first-order valence-corrected chi connectivity index (χ1v) is 9.48. The molecule has 1 amide bonds. The number of nitrogens with one attached hydrogen (secondary N) is 1. The van der Waals surface area contributed by atoms with Crippen LogP contribution in [0.25, 0.3) is 0 Å². The number of rotatable bonds is 6. The molecule has 5 nitrogen and oxygen atoms in total. The van der Waals surface area contributed by atoms with Crippen LogP contribution in [-0.4, -0.2) is 48.5 Å². The fourth-order valence-electron chi connectivity index (χ4n) is 3.19. The lowest BCUT2D eigenvalue weighted by atomic mass is 10.1. The standard InChI is InChI=1S/C21H28N4O/c1-3-4-10-22-20-9-8-18(16-23-20)21(26)25-13-11-24(12-14-25)19-7-5-6-17(2)15-19/h5-9,15-16H,3-4,10-14H2,1-2H3,(H,22,23). The maximum absolute atomic E-state index is 12.7. The van der Waals surface area contributed by atoms with E-state index in [-0.39, 0.29) is 5.91 Å². The third kappa shape index (κ3) is 4.54. The lowest BCUT2D eigenvalue weighted by molar-refractivity contribution is 0.0746. The predicted octanol–water partition coefficient (Wildman–Crippen LogP) is 3.56. The summed E-state index contributed by atoms with van der Waals surface area (Å²) in [7, 11) is 0. The molecular formula is C21H28N4O. The fourth-order valence-corrected chi connectivity index (χ4v) is 3.19. The number of amides is 1. The van der Waals surface area contributed by atoms with E-state index in [1.807, 2.05) is 17.0 Å². The maximum Gasteiger partial charge on any atom is 0.255 e. The number of carbonyl (C=O) groups excluding carboxylic acids is 1. The van der Waals surface area contributed by atoms with Crippen molar-refractivity contribution in [3.05, 3.63) is 53.7 Å². The number of hydrogen-bond acceptors (Lipinski definition) is 4. The minimum absolute atomic E-state index is 0.0708. The summed E-state index contributed by atoms with van der Waals surface area (Å²) in [6, 6.07) is 12.3. The van der Waals surface area contributed by atoms with Crippen molar-refractivity contribution in [3.8, 4) is 0 Å². The second kappa shape index (κ2) is 8.70. The van der Waals surface area contributed by atoms with Gasteiger partial charge in [0.1, 0.15) is 5.82 Å². The van der Waals surface area contributed by atoms with Gasteiger partial charge in [0.15, 0.2) is 0 Å². The van der Waals surface area contributed by atoms with Gasteiger partial charge in [0, 0.05) is 44.6 Å². The minimum atomic E-state index is 0.0708. The quantitative estimate of drug-likeness (QED) is 0.808. The number of carbonyl (C=O) groups is 1. The van der Waals surface area contributed by atoms with Gasteiger partial charge in [0.05, 0.1) is 5.56 Å². The molecule has 138 valence electrons. The van der Waals surface area contributed by atoms with Gasteiger partial charge >= 0.3 is 0 Å². The topological polar surface area (TPSA) is 48.5 Å². The Hall–Kier alpha value is -2.56. The van der Waals surface area contributed by atoms with E-state index in [4.69, 9.17) is 0 Å². The Bertz CT molecular complexity index is 721. The average Bonchev–Trinajstić information content (AvgIpc) is 2.68. The number of hydrogen-bond donors (Lipinski definition) is 1. The van der Waals surface area contributed by atoms with Crippen molar-refractivity contribution in [2.45, 2.75) is 26.7 Å². The van der Waals surface area contributed by atoms with E-state index in [1.165, 1.54) is 11.3 Å². The van der Waals surface area contributed by atoms with Crippen molar-refractivity contribution >= 4 is 17.4 Å². The second-order valence-corrected chi connectivity index (χ2v) is 6.83. The number of nitrogens with zero attached hydrogens (tertiary/aromatic N) is 3. The summed E-state index contributed by atoms with van der Waals surface area (Å²) in [6.07, 6.45) is 3.95. The molecule has 1 aliphatic rings. The highest BCUT2D eigenvalue weighted by Crippen LogP contribution is 2.18. The first kappa shape index (κ1) is 18.2. The fraction of sp³-hybridized carbons (Fsp3) is 0.429. The van der Waals surface area contributed by atoms with Crippen LogP contribution in [0.5, 0.6) is 0 Å². The van der Waals surface area contributed by atoms with Gasteiger partial charge in [-0.05, 0) is 43.2 Å². The van der Waals surface area contributed by atoms with Gasteiger partial charge in [-0.25, -0.2) is 4.98 Å². The molecule has 1 N–H and O–H groups in total. The van der Waals surface area contributed by atoms with Crippen LogP contribution in [-0.2, 0) is 0 Å². The number of benzene rings is 1. The maximum atomic E-state index is 12.7. The van der Waals surface area contributed by atoms with Crippen molar-refractivity contribution in [2.75, 3.05) is 42.9 Å². The third-order valence-corrected chi connectivity index (χ3v) is 4.78. The molecule has 0 aliphatic carbocycles. The molecule has 1 aliphatic heterocycles. The molecule has 3 rings (SSSR count). The van der Waals surface area contributed by atoms with Gasteiger partial charge in [-0.15, -0.1) is 0 Å². The number of aryl methyl sites for hydroxylation is 1. The van der Waals surface area contributed by atoms with E-state index in [0.29, 0.717) is 5.56 Å². The molecule has 1 saturated heterocycles. The summed E-state index contributed by atoms with van der Waals surface area (Å²) in [5, 5.41) is 3.28. The number of anilines is 2. The van der Waals surface area contributed by atoms with E-state index in [1.54, 1.807) is 6.20 Å². The number of piperazine rings is 1. The molecule has 0 saturated carbocycles. The zero-order valence-electron chi connectivity index (χ0n) is 15.7. The molecule has 0 radical (unpaired) electrons. The van der Waals surface area contributed by atoms with Crippen LogP contribution >= 0.6 is 0 Å². The second-order valence-electron chi connectivity index (χ2n) is 6.83. The van der Waals surface area contributed by atoms with Gasteiger partial charge in [0.2, 0.25) is 0 Å². The smallest absolute Gasteiger partial charge is 0.255 e. The van der Waals surface area contributed by atoms with E-state index >= 15 is 0 Å². The van der Waals surface area contributed by atoms with Gasteiger partial charge in [-0.3, -0.25) is 4.79 Å². The van der Waals surface area contributed by atoms with Crippen molar-refractivity contribution in [3.63, 3.8) is 0 Å².